The average Bonchev–Trinajstić information content (AvgIpc) is 2.22. The Kier molecular flexibility index (Phi) is 5.79. The van der Waals surface area contributed by atoms with Crippen LogP contribution in [0, 0.1) is 5.92 Å². The van der Waals surface area contributed by atoms with Gasteiger partial charge in [-0.1, -0.05) is 20.3 Å². The van der Waals surface area contributed by atoms with Crippen molar-refractivity contribution in [2.45, 2.75) is 32.7 Å². The van der Waals surface area contributed by atoms with Crippen molar-refractivity contribution in [3.8, 4) is 0 Å². The summed E-state index contributed by atoms with van der Waals surface area (Å²) in [5.41, 5.74) is 5.85. The van der Waals surface area contributed by atoms with Gasteiger partial charge in [0.25, 0.3) is 0 Å². The summed E-state index contributed by atoms with van der Waals surface area (Å²) in [7, 11) is -0.579. The summed E-state index contributed by atoms with van der Waals surface area (Å²) in [6.07, 6.45) is 2.46. The number of rotatable bonds is 5. The fourth-order valence-corrected chi connectivity index (χ4v) is 3.45. The molecule has 2 atom stereocenters. The Morgan fingerprint density at radius 3 is 2.47 bits per heavy atom. The van der Waals surface area contributed by atoms with Gasteiger partial charge in [-0.25, -0.2) is 0 Å². The molecule has 4 heteroatoms. The van der Waals surface area contributed by atoms with Gasteiger partial charge in [-0.15, -0.1) is 0 Å². The summed E-state index contributed by atoms with van der Waals surface area (Å²) in [5, 5.41) is 0. The molecule has 0 saturated carbocycles. The minimum Gasteiger partial charge on any atom is -0.329 e. The molecule has 0 aliphatic carbocycles. The number of hydrogen-bond acceptors (Lipinski definition) is 3. The molecule has 0 aromatic rings. The Hall–Kier alpha value is 0.0700. The SMILES string of the molecule is CCCC(C)C(CN)N1CCS(=O)CC1. The molecule has 0 spiro atoms. The van der Waals surface area contributed by atoms with Crippen molar-refractivity contribution in [1.29, 1.82) is 0 Å². The summed E-state index contributed by atoms with van der Waals surface area (Å²) in [4.78, 5) is 2.43. The third-order valence-electron chi connectivity index (χ3n) is 3.32. The van der Waals surface area contributed by atoms with E-state index in [0.717, 1.165) is 31.1 Å². The number of nitrogens with zero attached hydrogens (tertiary/aromatic N) is 1. The first-order valence-corrected chi connectivity index (χ1v) is 7.47. The van der Waals surface area contributed by atoms with Crippen molar-refractivity contribution in [3.63, 3.8) is 0 Å². The average molecular weight is 232 g/mol. The van der Waals surface area contributed by atoms with E-state index in [9.17, 15) is 4.21 Å². The zero-order valence-corrected chi connectivity index (χ0v) is 10.8. The highest BCUT2D eigenvalue weighted by Crippen LogP contribution is 2.17. The minimum atomic E-state index is -0.579. The molecule has 0 bridgehead atoms. The van der Waals surface area contributed by atoms with Crippen LogP contribution in [0.5, 0.6) is 0 Å². The molecule has 1 saturated heterocycles. The second kappa shape index (κ2) is 6.61. The zero-order chi connectivity index (χ0) is 11.3. The van der Waals surface area contributed by atoms with Crippen LogP contribution in [0.3, 0.4) is 0 Å². The molecular weight excluding hydrogens is 208 g/mol. The van der Waals surface area contributed by atoms with Gasteiger partial charge in [0.05, 0.1) is 0 Å². The van der Waals surface area contributed by atoms with Crippen LogP contribution in [0.2, 0.25) is 0 Å². The fraction of sp³-hybridized carbons (Fsp3) is 1.00. The monoisotopic (exact) mass is 232 g/mol. The summed E-state index contributed by atoms with van der Waals surface area (Å²) in [6.45, 7) is 7.15. The van der Waals surface area contributed by atoms with Crippen LogP contribution in [0.25, 0.3) is 0 Å². The molecule has 1 heterocycles. The third kappa shape index (κ3) is 3.85. The van der Waals surface area contributed by atoms with Crippen LogP contribution in [0.4, 0.5) is 0 Å². The van der Waals surface area contributed by atoms with E-state index in [0.29, 0.717) is 12.0 Å². The number of nitrogens with two attached hydrogens (primary N) is 1. The molecular formula is C11H24N2OS. The lowest BCUT2D eigenvalue weighted by Gasteiger charge is -2.37. The van der Waals surface area contributed by atoms with Gasteiger partial charge < -0.3 is 5.73 Å². The van der Waals surface area contributed by atoms with Gasteiger partial charge in [-0.3, -0.25) is 9.11 Å². The van der Waals surface area contributed by atoms with E-state index >= 15 is 0 Å². The number of hydrogen-bond donors (Lipinski definition) is 1. The van der Waals surface area contributed by atoms with Crippen molar-refractivity contribution in [2.75, 3.05) is 31.1 Å². The van der Waals surface area contributed by atoms with E-state index in [1.807, 2.05) is 0 Å². The van der Waals surface area contributed by atoms with Gasteiger partial charge in [0, 0.05) is 48.0 Å². The summed E-state index contributed by atoms with van der Waals surface area (Å²) < 4.78 is 11.3. The lowest BCUT2D eigenvalue weighted by atomic mass is 9.95. The highest BCUT2D eigenvalue weighted by molar-refractivity contribution is 7.85. The first-order chi connectivity index (χ1) is 7.19. The maximum atomic E-state index is 11.3. The standard InChI is InChI=1S/C11H24N2OS/c1-3-4-10(2)11(9-12)13-5-7-15(14)8-6-13/h10-11H,3-9,12H2,1-2H3. The maximum Gasteiger partial charge on any atom is 0.0363 e. The van der Waals surface area contributed by atoms with Crippen LogP contribution in [0.1, 0.15) is 26.7 Å². The maximum absolute atomic E-state index is 11.3. The van der Waals surface area contributed by atoms with Crippen molar-refractivity contribution in [3.05, 3.63) is 0 Å². The van der Waals surface area contributed by atoms with Crippen LogP contribution in [0.15, 0.2) is 0 Å². The van der Waals surface area contributed by atoms with Crippen LogP contribution in [-0.2, 0) is 10.8 Å². The third-order valence-corrected chi connectivity index (χ3v) is 4.60. The zero-order valence-electron chi connectivity index (χ0n) is 9.95. The topological polar surface area (TPSA) is 46.3 Å². The summed E-state index contributed by atoms with van der Waals surface area (Å²) in [5.74, 6) is 2.32. The summed E-state index contributed by atoms with van der Waals surface area (Å²) >= 11 is 0. The lowest BCUT2D eigenvalue weighted by Crippen LogP contribution is -2.50. The predicted octanol–water partition coefficient (Wildman–Crippen LogP) is 0.814. The van der Waals surface area contributed by atoms with Gasteiger partial charge >= 0.3 is 0 Å². The fourth-order valence-electron chi connectivity index (χ4n) is 2.37. The second-order valence-corrected chi connectivity index (χ2v) is 6.15. The lowest BCUT2D eigenvalue weighted by molar-refractivity contribution is 0.160. The molecule has 1 aliphatic rings. The van der Waals surface area contributed by atoms with Gasteiger partial charge in [0.15, 0.2) is 0 Å². The van der Waals surface area contributed by atoms with E-state index in [1.165, 1.54) is 12.8 Å². The molecule has 1 fully saturated rings. The smallest absolute Gasteiger partial charge is 0.0363 e. The van der Waals surface area contributed by atoms with E-state index in [2.05, 4.69) is 18.7 Å². The van der Waals surface area contributed by atoms with Gasteiger partial charge in [0.1, 0.15) is 0 Å². The van der Waals surface area contributed by atoms with E-state index < -0.39 is 10.8 Å². The molecule has 0 radical (unpaired) electrons. The van der Waals surface area contributed by atoms with Crippen LogP contribution in [-0.4, -0.2) is 46.3 Å². The van der Waals surface area contributed by atoms with Crippen molar-refractivity contribution < 1.29 is 4.21 Å². The van der Waals surface area contributed by atoms with Crippen molar-refractivity contribution in [1.82, 2.24) is 4.90 Å². The molecule has 1 aliphatic heterocycles. The van der Waals surface area contributed by atoms with E-state index in [1.54, 1.807) is 0 Å². The summed E-state index contributed by atoms with van der Waals surface area (Å²) in [6, 6.07) is 0.488. The molecule has 2 unspecified atom stereocenters. The Balaban J connectivity index is 2.46. The molecule has 3 nitrogen and oxygen atoms in total. The molecule has 0 aromatic heterocycles. The Morgan fingerprint density at radius 1 is 1.40 bits per heavy atom. The Labute approximate surface area is 95.9 Å². The molecule has 1 rings (SSSR count). The Bertz CT molecular complexity index is 201. The molecule has 15 heavy (non-hydrogen) atoms. The quantitative estimate of drug-likeness (QED) is 0.763. The Morgan fingerprint density at radius 2 is 2.00 bits per heavy atom. The van der Waals surface area contributed by atoms with E-state index in [-0.39, 0.29) is 0 Å². The van der Waals surface area contributed by atoms with Gasteiger partial charge in [-0.2, -0.15) is 0 Å². The first kappa shape index (κ1) is 13.1. The molecule has 0 aromatic carbocycles. The minimum absolute atomic E-state index is 0.488. The van der Waals surface area contributed by atoms with Crippen molar-refractivity contribution >= 4 is 10.8 Å². The first-order valence-electron chi connectivity index (χ1n) is 5.98. The highest BCUT2D eigenvalue weighted by atomic mass is 32.2. The van der Waals surface area contributed by atoms with Gasteiger partial charge in [0.2, 0.25) is 0 Å². The van der Waals surface area contributed by atoms with Crippen molar-refractivity contribution in [2.24, 2.45) is 11.7 Å². The second-order valence-electron chi connectivity index (χ2n) is 4.45. The molecule has 2 N–H and O–H groups in total. The highest BCUT2D eigenvalue weighted by Gasteiger charge is 2.25. The van der Waals surface area contributed by atoms with Crippen LogP contribution >= 0.6 is 0 Å². The van der Waals surface area contributed by atoms with Gasteiger partial charge in [-0.05, 0) is 12.3 Å². The molecule has 0 amide bonds. The predicted molar refractivity (Wildman–Crippen MR) is 66.4 cm³/mol. The van der Waals surface area contributed by atoms with Crippen LogP contribution < -0.4 is 5.73 Å². The van der Waals surface area contributed by atoms with E-state index in [4.69, 9.17) is 5.73 Å². The molecule has 90 valence electrons. The normalized spacial score (nSPS) is 23.9. The largest absolute Gasteiger partial charge is 0.329 e.